The van der Waals surface area contributed by atoms with Gasteiger partial charge in [-0.15, -0.1) is 0 Å². The van der Waals surface area contributed by atoms with Gasteiger partial charge in [-0.25, -0.2) is 9.97 Å². The summed E-state index contributed by atoms with van der Waals surface area (Å²) < 4.78 is 0. The highest BCUT2D eigenvalue weighted by molar-refractivity contribution is 6.13. The van der Waals surface area contributed by atoms with Crippen LogP contribution < -0.4 is 9.80 Å². The third-order valence-electron chi connectivity index (χ3n) is 10.7. The van der Waals surface area contributed by atoms with E-state index in [0.717, 1.165) is 77.9 Å². The highest BCUT2D eigenvalue weighted by Crippen LogP contribution is 2.40. The van der Waals surface area contributed by atoms with Crippen LogP contribution in [0.3, 0.4) is 0 Å². The van der Waals surface area contributed by atoms with Crippen molar-refractivity contribution in [2.75, 3.05) is 38.0 Å². The maximum atomic E-state index is 5.48. The number of rotatable bonds is 8. The smallest absolute Gasteiger partial charge is 0.0978 e. The van der Waals surface area contributed by atoms with E-state index < -0.39 is 0 Å². The van der Waals surface area contributed by atoms with Crippen LogP contribution in [-0.4, -0.2) is 38.2 Å². The Morgan fingerprint density at radius 1 is 0.304 bits per heavy atom. The molecule has 0 saturated heterocycles. The Hall–Kier alpha value is -7.04. The van der Waals surface area contributed by atoms with Gasteiger partial charge in [0, 0.05) is 61.5 Å². The first-order valence-corrected chi connectivity index (χ1v) is 19.1. The lowest BCUT2D eigenvalue weighted by Gasteiger charge is -2.17. The molecule has 270 valence electrons. The maximum absolute atomic E-state index is 5.48. The first-order chi connectivity index (χ1) is 27.4. The van der Waals surface area contributed by atoms with Crippen LogP contribution in [0.15, 0.2) is 182 Å². The third kappa shape index (κ3) is 6.67. The van der Waals surface area contributed by atoms with Crippen LogP contribution in [-0.2, 0) is 0 Å². The highest BCUT2D eigenvalue weighted by Gasteiger charge is 2.18. The van der Waals surface area contributed by atoms with E-state index in [-0.39, 0.29) is 0 Å². The maximum Gasteiger partial charge on any atom is 0.0978 e. The minimum absolute atomic E-state index is 0.882. The minimum Gasteiger partial charge on any atom is -0.378 e. The molecular weight excluding hydrogens is 681 g/mol. The molecule has 7 aromatic carbocycles. The monoisotopic (exact) mass is 722 g/mol. The van der Waals surface area contributed by atoms with Gasteiger partial charge in [0.25, 0.3) is 0 Å². The third-order valence-corrected chi connectivity index (χ3v) is 10.7. The van der Waals surface area contributed by atoms with Gasteiger partial charge in [0.15, 0.2) is 0 Å². The Kier molecular flexibility index (Phi) is 9.08. The van der Waals surface area contributed by atoms with Crippen molar-refractivity contribution in [2.45, 2.75) is 0 Å². The molecule has 0 aliphatic carbocycles. The van der Waals surface area contributed by atoms with Gasteiger partial charge >= 0.3 is 0 Å². The van der Waals surface area contributed by atoms with Crippen LogP contribution in [0.25, 0.3) is 88.8 Å². The first-order valence-electron chi connectivity index (χ1n) is 19.1. The number of benzene rings is 7. The van der Waals surface area contributed by atoms with E-state index in [2.05, 4.69) is 220 Å². The topological polar surface area (TPSA) is 32.3 Å². The van der Waals surface area contributed by atoms with E-state index in [1.807, 2.05) is 0 Å². The molecule has 0 bridgehead atoms. The van der Waals surface area contributed by atoms with Crippen LogP contribution in [0.4, 0.5) is 11.4 Å². The van der Waals surface area contributed by atoms with Gasteiger partial charge in [-0.3, -0.25) is 0 Å². The predicted molar refractivity (Wildman–Crippen MR) is 238 cm³/mol. The van der Waals surface area contributed by atoms with Crippen molar-refractivity contribution in [1.82, 2.24) is 9.97 Å². The summed E-state index contributed by atoms with van der Waals surface area (Å²) in [7, 11) is 8.26. The zero-order chi connectivity index (χ0) is 38.2. The molecule has 0 aliphatic heterocycles. The summed E-state index contributed by atoms with van der Waals surface area (Å²) in [5.41, 5.74) is 17.3. The Balaban J connectivity index is 1.29. The molecule has 4 nitrogen and oxygen atoms in total. The zero-order valence-electron chi connectivity index (χ0n) is 32.1. The largest absolute Gasteiger partial charge is 0.378 e. The first kappa shape index (κ1) is 34.7. The van der Waals surface area contributed by atoms with Crippen LogP contribution in [0.1, 0.15) is 0 Å². The van der Waals surface area contributed by atoms with E-state index in [1.165, 1.54) is 22.3 Å². The molecular formula is C52H42N4. The summed E-state index contributed by atoms with van der Waals surface area (Å²) in [6.07, 6.45) is 0. The molecule has 2 aromatic heterocycles. The molecule has 0 radical (unpaired) electrons. The van der Waals surface area contributed by atoms with Gasteiger partial charge in [-0.1, -0.05) is 146 Å². The minimum atomic E-state index is 0.882. The number of pyridine rings is 2. The van der Waals surface area contributed by atoms with Crippen molar-refractivity contribution >= 4 is 33.2 Å². The molecule has 0 amide bonds. The summed E-state index contributed by atoms with van der Waals surface area (Å²) in [5, 5.41) is 2.13. The van der Waals surface area contributed by atoms with E-state index >= 15 is 0 Å². The summed E-state index contributed by atoms with van der Waals surface area (Å²) in [6.45, 7) is 0. The lowest BCUT2D eigenvalue weighted by molar-refractivity contribution is 1.13. The van der Waals surface area contributed by atoms with Crippen LogP contribution in [0, 0.1) is 0 Å². The van der Waals surface area contributed by atoms with Gasteiger partial charge in [0.05, 0.1) is 22.4 Å². The number of hydrogen-bond acceptors (Lipinski definition) is 4. The number of hydrogen-bond donors (Lipinski definition) is 0. The van der Waals surface area contributed by atoms with Crippen LogP contribution in [0.2, 0.25) is 0 Å². The van der Waals surface area contributed by atoms with Crippen LogP contribution >= 0.6 is 0 Å². The molecule has 0 atom stereocenters. The van der Waals surface area contributed by atoms with Crippen molar-refractivity contribution in [3.8, 4) is 67.0 Å². The molecule has 0 unspecified atom stereocenters. The van der Waals surface area contributed by atoms with Gasteiger partial charge in [-0.2, -0.15) is 0 Å². The number of fused-ring (bicyclic) bond motifs is 3. The normalized spacial score (nSPS) is 11.2. The van der Waals surface area contributed by atoms with Crippen molar-refractivity contribution in [1.29, 1.82) is 0 Å². The molecule has 56 heavy (non-hydrogen) atoms. The average Bonchev–Trinajstić information content (AvgIpc) is 3.26. The SMILES string of the molecule is CN(C)c1ccc(-c2cc(-c3ccc(-c4ccccc4)cc3)c3ccc4c(-c5ccc(-c6ccccc6)cc5)cc(-c5ccc(N(C)C)cc5)nc4c3n2)cc1. The van der Waals surface area contributed by atoms with Gasteiger partial charge in [-0.05, 0) is 80.9 Å². The summed E-state index contributed by atoms with van der Waals surface area (Å²) in [6, 6.07) is 65.1. The van der Waals surface area contributed by atoms with Crippen LogP contribution in [0.5, 0.6) is 0 Å². The second-order valence-electron chi connectivity index (χ2n) is 14.7. The molecule has 0 aliphatic rings. The number of aromatic nitrogens is 2. The molecule has 0 spiro atoms. The van der Waals surface area contributed by atoms with Crippen molar-refractivity contribution in [3.05, 3.63) is 182 Å². The fourth-order valence-corrected chi connectivity index (χ4v) is 7.55. The lowest BCUT2D eigenvalue weighted by atomic mass is 9.92. The van der Waals surface area contributed by atoms with Gasteiger partial charge < -0.3 is 9.80 Å². The second-order valence-corrected chi connectivity index (χ2v) is 14.7. The number of anilines is 2. The molecule has 2 heterocycles. The Morgan fingerprint density at radius 3 is 0.946 bits per heavy atom. The summed E-state index contributed by atoms with van der Waals surface area (Å²) >= 11 is 0. The fourth-order valence-electron chi connectivity index (χ4n) is 7.55. The lowest BCUT2D eigenvalue weighted by Crippen LogP contribution is -2.08. The van der Waals surface area contributed by atoms with E-state index in [9.17, 15) is 0 Å². The van der Waals surface area contributed by atoms with E-state index in [4.69, 9.17) is 9.97 Å². The Labute approximate surface area is 329 Å². The van der Waals surface area contributed by atoms with Crippen molar-refractivity contribution in [2.24, 2.45) is 0 Å². The van der Waals surface area contributed by atoms with E-state index in [0.29, 0.717) is 0 Å². The molecule has 4 heteroatoms. The summed E-state index contributed by atoms with van der Waals surface area (Å²) in [4.78, 5) is 15.2. The molecule has 9 rings (SSSR count). The number of nitrogens with zero attached hydrogens (tertiary/aromatic N) is 4. The van der Waals surface area contributed by atoms with Gasteiger partial charge in [0.1, 0.15) is 0 Å². The molecule has 0 saturated carbocycles. The zero-order valence-corrected chi connectivity index (χ0v) is 32.1. The van der Waals surface area contributed by atoms with E-state index in [1.54, 1.807) is 0 Å². The fraction of sp³-hybridized carbons (Fsp3) is 0.0769. The Morgan fingerprint density at radius 2 is 0.607 bits per heavy atom. The van der Waals surface area contributed by atoms with Crippen molar-refractivity contribution < 1.29 is 0 Å². The van der Waals surface area contributed by atoms with Crippen molar-refractivity contribution in [3.63, 3.8) is 0 Å². The molecule has 9 aromatic rings. The Bertz CT molecular complexity index is 2590. The quantitative estimate of drug-likeness (QED) is 0.146. The summed E-state index contributed by atoms with van der Waals surface area (Å²) in [5.74, 6) is 0. The van der Waals surface area contributed by atoms with Gasteiger partial charge in [0.2, 0.25) is 0 Å². The molecule has 0 fully saturated rings. The predicted octanol–water partition coefficient (Wildman–Crippen LogP) is 12.9. The highest BCUT2D eigenvalue weighted by atomic mass is 15.1. The standard InChI is InChI=1S/C52H42N4/c1-55(2)43-27-23-41(24-28-43)49-33-47(39-19-15-37(16-20-39)35-11-7-5-8-12-35)45-31-32-46-48(40-21-17-38(18-22-40)36-13-9-6-10-14-36)34-50(54-52(46)51(45)53-49)42-25-29-44(30-26-42)56(3)4/h5-34H,1-4H3. The molecule has 0 N–H and O–H groups in total. The second kappa shape index (κ2) is 14.7. The average molecular weight is 723 g/mol.